The van der Waals surface area contributed by atoms with Gasteiger partial charge >= 0.3 is 0 Å². The fraction of sp³-hybridized carbons (Fsp3) is 0.200. The van der Waals surface area contributed by atoms with Crippen LogP contribution in [0.5, 0.6) is 5.75 Å². The van der Waals surface area contributed by atoms with Gasteiger partial charge in [-0.1, -0.05) is 22.0 Å². The zero-order valence-electron chi connectivity index (χ0n) is 10.7. The third-order valence-electron chi connectivity index (χ3n) is 3.01. The Morgan fingerprint density at radius 1 is 1.16 bits per heavy atom. The number of aliphatic hydroxyl groups is 1. The summed E-state index contributed by atoms with van der Waals surface area (Å²) in [6, 6.07) is 9.69. The smallest absolute Gasteiger partial charge is 0.125 e. The normalized spacial score (nSPS) is 12.3. The van der Waals surface area contributed by atoms with Crippen LogP contribution in [0.4, 0.5) is 4.39 Å². The van der Waals surface area contributed by atoms with Crippen LogP contribution in [-0.4, -0.2) is 12.2 Å². The third-order valence-corrected chi connectivity index (χ3v) is 3.51. The van der Waals surface area contributed by atoms with Crippen molar-refractivity contribution < 1.29 is 14.2 Å². The van der Waals surface area contributed by atoms with E-state index in [9.17, 15) is 9.50 Å². The summed E-state index contributed by atoms with van der Waals surface area (Å²) < 4.78 is 19.5. The van der Waals surface area contributed by atoms with E-state index < -0.39 is 11.9 Å². The van der Waals surface area contributed by atoms with E-state index in [4.69, 9.17) is 4.74 Å². The first kappa shape index (κ1) is 14.0. The Kier molecular flexibility index (Phi) is 4.22. The predicted octanol–water partition coefficient (Wildman–Crippen LogP) is 3.99. The first-order valence-electron chi connectivity index (χ1n) is 5.80. The minimum absolute atomic E-state index is 0.399. The molecule has 2 rings (SSSR count). The first-order chi connectivity index (χ1) is 9.02. The van der Waals surface area contributed by atoms with Gasteiger partial charge in [-0.05, 0) is 48.4 Å². The summed E-state index contributed by atoms with van der Waals surface area (Å²) in [6.45, 7) is 1.90. The molecule has 4 heteroatoms. The summed E-state index contributed by atoms with van der Waals surface area (Å²) in [4.78, 5) is 0. The molecule has 0 aliphatic rings. The van der Waals surface area contributed by atoms with Gasteiger partial charge in [0, 0.05) is 10.0 Å². The summed E-state index contributed by atoms with van der Waals surface area (Å²) in [7, 11) is 1.50. The molecule has 100 valence electrons. The maximum absolute atomic E-state index is 13.4. The van der Waals surface area contributed by atoms with E-state index in [-0.39, 0.29) is 0 Å². The van der Waals surface area contributed by atoms with E-state index in [1.165, 1.54) is 25.3 Å². The molecule has 0 saturated carbocycles. The maximum Gasteiger partial charge on any atom is 0.125 e. The number of ether oxygens (including phenoxy) is 1. The van der Waals surface area contributed by atoms with Gasteiger partial charge in [0.05, 0.1) is 7.11 Å². The van der Waals surface area contributed by atoms with Gasteiger partial charge in [-0.3, -0.25) is 0 Å². The fourth-order valence-corrected chi connectivity index (χ4v) is 2.51. The topological polar surface area (TPSA) is 29.5 Å². The summed E-state index contributed by atoms with van der Waals surface area (Å²) in [5.74, 6) is 0.0702. The molecule has 0 spiro atoms. The van der Waals surface area contributed by atoms with Gasteiger partial charge in [0.15, 0.2) is 0 Å². The van der Waals surface area contributed by atoms with Crippen molar-refractivity contribution in [3.8, 4) is 5.75 Å². The molecule has 0 bridgehead atoms. The highest BCUT2D eigenvalue weighted by Crippen LogP contribution is 2.32. The van der Waals surface area contributed by atoms with E-state index >= 15 is 0 Å². The van der Waals surface area contributed by atoms with E-state index in [1.807, 2.05) is 25.1 Å². The highest BCUT2D eigenvalue weighted by atomic mass is 79.9. The average Bonchev–Trinajstić information content (AvgIpc) is 2.38. The lowest BCUT2D eigenvalue weighted by Crippen LogP contribution is -2.05. The quantitative estimate of drug-likeness (QED) is 0.925. The zero-order chi connectivity index (χ0) is 14.0. The fourth-order valence-electron chi connectivity index (χ4n) is 2.03. The summed E-state index contributed by atoms with van der Waals surface area (Å²) in [6.07, 6.45) is -0.918. The lowest BCUT2D eigenvalue weighted by atomic mass is 9.97. The van der Waals surface area contributed by atoms with Crippen LogP contribution in [0.2, 0.25) is 0 Å². The van der Waals surface area contributed by atoms with Crippen LogP contribution in [0.15, 0.2) is 40.9 Å². The van der Waals surface area contributed by atoms with E-state index in [2.05, 4.69) is 15.9 Å². The van der Waals surface area contributed by atoms with Crippen molar-refractivity contribution in [1.29, 1.82) is 0 Å². The summed E-state index contributed by atoms with van der Waals surface area (Å²) in [5.41, 5.74) is 2.08. The van der Waals surface area contributed by atoms with Gasteiger partial charge < -0.3 is 9.84 Å². The number of halogens is 2. The number of aliphatic hydroxyl groups excluding tert-OH is 1. The average molecular weight is 325 g/mol. The van der Waals surface area contributed by atoms with E-state index in [1.54, 1.807) is 0 Å². The second kappa shape index (κ2) is 5.72. The predicted molar refractivity (Wildman–Crippen MR) is 75.9 cm³/mol. The molecule has 1 atom stereocenters. The standard InChI is InChI=1S/C15H14BrFO2/c1-9-7-10(16)3-5-12(9)15(18)13-8-11(17)4-6-14(13)19-2/h3-8,15,18H,1-2H3. The van der Waals surface area contributed by atoms with Crippen LogP contribution in [0.25, 0.3) is 0 Å². The Hall–Kier alpha value is -1.39. The molecule has 0 radical (unpaired) electrons. The van der Waals surface area contributed by atoms with Gasteiger partial charge in [0.1, 0.15) is 17.7 Å². The van der Waals surface area contributed by atoms with Crippen LogP contribution in [-0.2, 0) is 0 Å². The lowest BCUT2D eigenvalue weighted by molar-refractivity contribution is 0.213. The molecule has 0 aromatic heterocycles. The highest BCUT2D eigenvalue weighted by molar-refractivity contribution is 9.10. The Labute approximate surface area is 120 Å². The van der Waals surface area contributed by atoms with Crippen LogP contribution in [0, 0.1) is 12.7 Å². The van der Waals surface area contributed by atoms with Crippen molar-refractivity contribution in [3.05, 3.63) is 63.4 Å². The van der Waals surface area contributed by atoms with E-state index in [0.717, 1.165) is 15.6 Å². The van der Waals surface area contributed by atoms with Gasteiger partial charge in [-0.15, -0.1) is 0 Å². The minimum atomic E-state index is -0.918. The maximum atomic E-state index is 13.4. The molecule has 0 aliphatic heterocycles. The minimum Gasteiger partial charge on any atom is -0.496 e. The molecule has 0 aliphatic carbocycles. The zero-order valence-corrected chi connectivity index (χ0v) is 12.2. The summed E-state index contributed by atoms with van der Waals surface area (Å²) in [5, 5.41) is 10.4. The van der Waals surface area contributed by atoms with Crippen molar-refractivity contribution >= 4 is 15.9 Å². The van der Waals surface area contributed by atoms with Crippen molar-refractivity contribution in [2.45, 2.75) is 13.0 Å². The monoisotopic (exact) mass is 324 g/mol. The molecule has 2 nitrogen and oxygen atoms in total. The molecule has 0 fully saturated rings. The highest BCUT2D eigenvalue weighted by Gasteiger charge is 2.18. The number of aryl methyl sites for hydroxylation is 1. The van der Waals surface area contributed by atoms with Crippen LogP contribution >= 0.6 is 15.9 Å². The largest absolute Gasteiger partial charge is 0.496 e. The summed E-state index contributed by atoms with van der Waals surface area (Å²) >= 11 is 3.38. The molecule has 0 saturated heterocycles. The van der Waals surface area contributed by atoms with Crippen LogP contribution in [0.3, 0.4) is 0 Å². The molecule has 0 heterocycles. The number of benzene rings is 2. The molecule has 19 heavy (non-hydrogen) atoms. The molecule has 1 N–H and O–H groups in total. The van der Waals surface area contributed by atoms with Crippen molar-refractivity contribution in [2.75, 3.05) is 7.11 Å². The molecule has 1 unspecified atom stereocenters. The number of rotatable bonds is 3. The van der Waals surface area contributed by atoms with Crippen molar-refractivity contribution in [1.82, 2.24) is 0 Å². The first-order valence-corrected chi connectivity index (χ1v) is 6.59. The van der Waals surface area contributed by atoms with Gasteiger partial charge in [-0.25, -0.2) is 4.39 Å². The second-order valence-electron chi connectivity index (χ2n) is 4.29. The lowest BCUT2D eigenvalue weighted by Gasteiger charge is -2.17. The number of hydrogen-bond donors (Lipinski definition) is 1. The Morgan fingerprint density at radius 3 is 2.53 bits per heavy atom. The van der Waals surface area contributed by atoms with E-state index in [0.29, 0.717) is 11.3 Å². The van der Waals surface area contributed by atoms with Crippen LogP contribution < -0.4 is 4.74 Å². The second-order valence-corrected chi connectivity index (χ2v) is 5.21. The van der Waals surface area contributed by atoms with Gasteiger partial charge in [0.25, 0.3) is 0 Å². The number of hydrogen-bond acceptors (Lipinski definition) is 2. The Morgan fingerprint density at radius 2 is 1.89 bits per heavy atom. The van der Waals surface area contributed by atoms with Crippen molar-refractivity contribution in [3.63, 3.8) is 0 Å². The molecular weight excluding hydrogens is 311 g/mol. The number of methoxy groups -OCH3 is 1. The third kappa shape index (κ3) is 2.96. The Bertz CT molecular complexity index is 599. The van der Waals surface area contributed by atoms with Gasteiger partial charge in [-0.2, -0.15) is 0 Å². The SMILES string of the molecule is COc1ccc(F)cc1C(O)c1ccc(Br)cc1C. The molecule has 0 amide bonds. The van der Waals surface area contributed by atoms with Crippen LogP contribution in [0.1, 0.15) is 22.8 Å². The van der Waals surface area contributed by atoms with Gasteiger partial charge in [0.2, 0.25) is 0 Å². The van der Waals surface area contributed by atoms with Crippen molar-refractivity contribution in [2.24, 2.45) is 0 Å². The molecule has 2 aromatic rings. The molecular formula is C15H14BrFO2. The Balaban J connectivity index is 2.49. The molecule has 2 aromatic carbocycles.